The summed E-state index contributed by atoms with van der Waals surface area (Å²) in [7, 11) is -3.44. The number of rotatable bonds is 6. The Kier molecular flexibility index (Phi) is 5.71. The average Bonchev–Trinajstić information content (AvgIpc) is 2.04. The van der Waals surface area contributed by atoms with Gasteiger partial charge in [0.05, 0.1) is 11.9 Å². The monoisotopic (exact) mass is 223 g/mol. The van der Waals surface area contributed by atoms with Crippen LogP contribution in [0.25, 0.3) is 0 Å². The fraction of sp³-hybridized carbons (Fsp3) is 0.875. The smallest absolute Gasteiger partial charge is 0.321 e. The van der Waals surface area contributed by atoms with Crippen LogP contribution >= 0.6 is 0 Å². The molecular weight excluding hydrogens is 206 g/mol. The minimum absolute atomic E-state index is 0.0399. The van der Waals surface area contributed by atoms with Gasteiger partial charge in [-0.3, -0.25) is 4.79 Å². The minimum atomic E-state index is -3.44. The van der Waals surface area contributed by atoms with Gasteiger partial charge in [0.2, 0.25) is 0 Å². The Morgan fingerprint density at radius 1 is 1.43 bits per heavy atom. The second-order valence-electron chi connectivity index (χ2n) is 2.88. The van der Waals surface area contributed by atoms with Gasteiger partial charge in [0.25, 0.3) is 0 Å². The van der Waals surface area contributed by atoms with Gasteiger partial charge >= 0.3 is 5.97 Å². The highest BCUT2D eigenvalue weighted by atomic mass is 32.2. The largest absolute Gasteiger partial charge is 0.465 e. The van der Waals surface area contributed by atoms with Gasteiger partial charge in [0, 0.05) is 6.54 Å². The third kappa shape index (κ3) is 4.06. The maximum Gasteiger partial charge on any atom is 0.321 e. The molecule has 0 saturated heterocycles. The van der Waals surface area contributed by atoms with Gasteiger partial charge in [-0.1, -0.05) is 6.92 Å². The van der Waals surface area contributed by atoms with Crippen molar-refractivity contribution >= 4 is 15.8 Å². The lowest BCUT2D eigenvalue weighted by Crippen LogP contribution is -2.34. The van der Waals surface area contributed by atoms with Gasteiger partial charge in [-0.25, -0.2) is 8.42 Å². The molecule has 0 aliphatic carbocycles. The van der Waals surface area contributed by atoms with Gasteiger partial charge in [-0.15, -0.1) is 0 Å². The third-order valence-corrected chi connectivity index (χ3v) is 4.03. The lowest BCUT2D eigenvalue weighted by atomic mass is 10.3. The second kappa shape index (κ2) is 5.98. The SMILES string of the molecule is CCOC(=O)CS(=O)(=O)C(CC)CN. The summed E-state index contributed by atoms with van der Waals surface area (Å²) in [5.41, 5.74) is 5.29. The molecule has 0 heterocycles. The summed E-state index contributed by atoms with van der Waals surface area (Å²) < 4.78 is 27.6. The van der Waals surface area contributed by atoms with Crippen LogP contribution in [-0.4, -0.2) is 38.5 Å². The van der Waals surface area contributed by atoms with Crippen LogP contribution in [0.4, 0.5) is 0 Å². The van der Waals surface area contributed by atoms with E-state index in [9.17, 15) is 13.2 Å². The van der Waals surface area contributed by atoms with Gasteiger partial charge in [-0.2, -0.15) is 0 Å². The number of carbonyl (C=O) groups excluding carboxylic acids is 1. The molecule has 0 aliphatic heterocycles. The van der Waals surface area contributed by atoms with E-state index in [1.807, 2.05) is 0 Å². The van der Waals surface area contributed by atoms with Crippen molar-refractivity contribution in [1.29, 1.82) is 0 Å². The Hall–Kier alpha value is -0.620. The van der Waals surface area contributed by atoms with Gasteiger partial charge < -0.3 is 10.5 Å². The fourth-order valence-electron chi connectivity index (χ4n) is 1.05. The summed E-state index contributed by atoms with van der Waals surface area (Å²) in [6.45, 7) is 3.58. The van der Waals surface area contributed by atoms with E-state index in [4.69, 9.17) is 5.73 Å². The van der Waals surface area contributed by atoms with Crippen molar-refractivity contribution in [3.05, 3.63) is 0 Å². The summed E-state index contributed by atoms with van der Waals surface area (Å²) in [5.74, 6) is -1.28. The molecule has 6 heteroatoms. The highest BCUT2D eigenvalue weighted by molar-refractivity contribution is 7.92. The van der Waals surface area contributed by atoms with Crippen molar-refractivity contribution in [3.63, 3.8) is 0 Å². The fourth-order valence-corrected chi connectivity index (χ4v) is 2.50. The highest BCUT2D eigenvalue weighted by Gasteiger charge is 2.25. The summed E-state index contributed by atoms with van der Waals surface area (Å²) in [5, 5.41) is -0.646. The van der Waals surface area contributed by atoms with Crippen LogP contribution in [0, 0.1) is 0 Å². The topological polar surface area (TPSA) is 86.5 Å². The number of ether oxygens (including phenoxy) is 1. The number of sulfone groups is 1. The molecule has 0 amide bonds. The van der Waals surface area contributed by atoms with E-state index in [2.05, 4.69) is 4.74 Å². The molecule has 84 valence electrons. The van der Waals surface area contributed by atoms with Crippen LogP contribution in [0.1, 0.15) is 20.3 Å². The van der Waals surface area contributed by atoms with Crippen molar-refractivity contribution in [3.8, 4) is 0 Å². The molecule has 0 aliphatic rings. The van der Waals surface area contributed by atoms with E-state index in [1.165, 1.54) is 0 Å². The molecule has 0 saturated carbocycles. The molecule has 0 aromatic heterocycles. The van der Waals surface area contributed by atoms with Gasteiger partial charge in [-0.05, 0) is 13.3 Å². The summed E-state index contributed by atoms with van der Waals surface area (Å²) >= 11 is 0. The highest BCUT2D eigenvalue weighted by Crippen LogP contribution is 2.05. The van der Waals surface area contributed by atoms with Crippen molar-refractivity contribution in [2.24, 2.45) is 5.73 Å². The lowest BCUT2D eigenvalue weighted by Gasteiger charge is -2.12. The Labute approximate surface area is 84.5 Å². The van der Waals surface area contributed by atoms with E-state index in [0.717, 1.165) is 0 Å². The number of hydrogen-bond donors (Lipinski definition) is 1. The van der Waals surface area contributed by atoms with Crippen molar-refractivity contribution in [2.75, 3.05) is 18.9 Å². The molecule has 14 heavy (non-hydrogen) atoms. The quantitative estimate of drug-likeness (QED) is 0.625. The zero-order valence-electron chi connectivity index (χ0n) is 8.52. The second-order valence-corrected chi connectivity index (χ2v) is 5.16. The first-order valence-electron chi connectivity index (χ1n) is 4.55. The molecule has 5 nitrogen and oxygen atoms in total. The number of esters is 1. The molecule has 0 aromatic rings. The lowest BCUT2D eigenvalue weighted by molar-refractivity contribution is -0.139. The van der Waals surface area contributed by atoms with E-state index >= 15 is 0 Å². The molecule has 0 radical (unpaired) electrons. The predicted octanol–water partition coefficient (Wildman–Crippen LogP) is -0.298. The Balaban J connectivity index is 4.40. The number of hydrogen-bond acceptors (Lipinski definition) is 5. The molecule has 0 bridgehead atoms. The molecular formula is C8H17NO4S. The van der Waals surface area contributed by atoms with E-state index in [0.29, 0.717) is 6.42 Å². The average molecular weight is 223 g/mol. The van der Waals surface area contributed by atoms with Crippen LogP contribution in [0.2, 0.25) is 0 Å². The molecule has 0 spiro atoms. The number of carbonyl (C=O) groups is 1. The predicted molar refractivity (Wildman–Crippen MR) is 53.6 cm³/mol. The Morgan fingerprint density at radius 2 is 2.00 bits per heavy atom. The molecule has 0 fully saturated rings. The standard InChI is InChI=1S/C8H17NO4S/c1-3-7(5-9)14(11,12)6-8(10)13-4-2/h7H,3-6,9H2,1-2H3. The van der Waals surface area contributed by atoms with E-state index in [1.54, 1.807) is 13.8 Å². The third-order valence-electron chi connectivity index (χ3n) is 1.85. The Bertz CT molecular complexity index is 269. The maximum absolute atomic E-state index is 11.5. The van der Waals surface area contributed by atoms with Crippen molar-refractivity contribution in [2.45, 2.75) is 25.5 Å². The molecule has 0 aromatic carbocycles. The summed E-state index contributed by atoms with van der Waals surface area (Å²) in [6, 6.07) is 0. The molecule has 2 N–H and O–H groups in total. The Morgan fingerprint density at radius 3 is 2.36 bits per heavy atom. The van der Waals surface area contributed by atoms with Gasteiger partial charge in [0.1, 0.15) is 5.75 Å². The first-order valence-corrected chi connectivity index (χ1v) is 6.26. The van der Waals surface area contributed by atoms with Gasteiger partial charge in [0.15, 0.2) is 9.84 Å². The van der Waals surface area contributed by atoms with Crippen LogP contribution in [-0.2, 0) is 19.4 Å². The normalized spacial score (nSPS) is 13.6. The zero-order chi connectivity index (χ0) is 11.2. The number of nitrogens with two attached hydrogens (primary N) is 1. The van der Waals surface area contributed by atoms with E-state index < -0.39 is 26.8 Å². The molecule has 1 atom stereocenters. The van der Waals surface area contributed by atoms with Crippen molar-refractivity contribution < 1.29 is 17.9 Å². The minimum Gasteiger partial charge on any atom is -0.465 e. The van der Waals surface area contributed by atoms with E-state index in [-0.39, 0.29) is 13.2 Å². The molecule has 0 rings (SSSR count). The van der Waals surface area contributed by atoms with Crippen LogP contribution in [0.15, 0.2) is 0 Å². The maximum atomic E-state index is 11.5. The summed E-state index contributed by atoms with van der Waals surface area (Å²) in [4.78, 5) is 11.0. The van der Waals surface area contributed by atoms with Crippen LogP contribution < -0.4 is 5.73 Å². The zero-order valence-corrected chi connectivity index (χ0v) is 9.34. The summed E-state index contributed by atoms with van der Waals surface area (Å²) in [6.07, 6.45) is 0.415. The van der Waals surface area contributed by atoms with Crippen LogP contribution in [0.3, 0.4) is 0 Å². The molecule has 1 unspecified atom stereocenters. The first kappa shape index (κ1) is 13.4. The first-order chi connectivity index (χ1) is 6.47. The van der Waals surface area contributed by atoms with Crippen LogP contribution in [0.5, 0.6) is 0 Å². The van der Waals surface area contributed by atoms with Crippen molar-refractivity contribution in [1.82, 2.24) is 0 Å².